The highest BCUT2D eigenvalue weighted by Gasteiger charge is 2.34. The number of halogens is 3. The van der Waals surface area contributed by atoms with Crippen LogP contribution in [0.2, 0.25) is 0 Å². The molecule has 0 radical (unpaired) electrons. The van der Waals surface area contributed by atoms with Crippen molar-refractivity contribution in [2.75, 3.05) is 38.0 Å². The molecule has 9 nitrogen and oxygen atoms in total. The van der Waals surface area contributed by atoms with Gasteiger partial charge in [-0.05, 0) is 31.2 Å². The highest BCUT2D eigenvalue weighted by atomic mass is 32.2. The Morgan fingerprint density at radius 2 is 1.89 bits per heavy atom. The van der Waals surface area contributed by atoms with Gasteiger partial charge in [0.05, 0.1) is 16.0 Å². The van der Waals surface area contributed by atoms with Gasteiger partial charge in [0.25, 0.3) is 10.0 Å². The Morgan fingerprint density at radius 3 is 2.59 bits per heavy atom. The van der Waals surface area contributed by atoms with E-state index in [0.717, 1.165) is 23.7 Å². The van der Waals surface area contributed by atoms with Crippen molar-refractivity contribution in [2.24, 2.45) is 0 Å². The molecule has 4 aromatic rings. The molecular formula is C23H23F3N6O3S2. The van der Waals surface area contributed by atoms with Crippen molar-refractivity contribution in [3.8, 4) is 10.6 Å². The molecule has 0 aliphatic carbocycles. The number of alkyl halides is 3. The van der Waals surface area contributed by atoms with Crippen LogP contribution in [0.15, 0.2) is 57.7 Å². The summed E-state index contributed by atoms with van der Waals surface area (Å²) in [6.45, 7) is 4.18. The quantitative estimate of drug-likeness (QED) is 0.364. The Balaban J connectivity index is 1.21. The number of rotatable bonds is 7. The van der Waals surface area contributed by atoms with Gasteiger partial charge in [-0.25, -0.2) is 18.4 Å². The molecule has 1 saturated heterocycles. The van der Waals surface area contributed by atoms with Gasteiger partial charge in [-0.3, -0.25) is 4.90 Å². The lowest BCUT2D eigenvalue weighted by molar-refractivity contribution is -0.136. The molecule has 4 heterocycles. The number of para-hydroxylation sites is 1. The summed E-state index contributed by atoms with van der Waals surface area (Å²) in [7, 11) is -3.63. The predicted molar refractivity (Wildman–Crippen MR) is 133 cm³/mol. The zero-order valence-electron chi connectivity index (χ0n) is 19.6. The number of nitrogens with zero attached hydrogens (tertiary/aromatic N) is 5. The molecule has 0 amide bonds. The van der Waals surface area contributed by atoms with E-state index in [2.05, 4.69) is 25.3 Å². The first kappa shape index (κ1) is 25.6. The van der Waals surface area contributed by atoms with Gasteiger partial charge in [0.15, 0.2) is 0 Å². The van der Waals surface area contributed by atoms with Crippen molar-refractivity contribution in [1.29, 1.82) is 0 Å². The maximum absolute atomic E-state index is 13.4. The second-order valence-corrected chi connectivity index (χ2v) is 11.9. The van der Waals surface area contributed by atoms with E-state index in [-0.39, 0.29) is 15.8 Å². The van der Waals surface area contributed by atoms with Crippen LogP contribution in [0, 0.1) is 0 Å². The fourth-order valence-corrected chi connectivity index (χ4v) is 7.16. The summed E-state index contributed by atoms with van der Waals surface area (Å²) in [5.74, 6) is 0.324. The van der Waals surface area contributed by atoms with Gasteiger partial charge in [-0.1, -0.05) is 11.2 Å². The number of nitrogens with one attached hydrogen (secondary N) is 1. The van der Waals surface area contributed by atoms with Crippen molar-refractivity contribution in [3.05, 3.63) is 54.6 Å². The Bertz CT molecular complexity index is 1480. The first-order valence-electron chi connectivity index (χ1n) is 11.4. The van der Waals surface area contributed by atoms with Gasteiger partial charge >= 0.3 is 6.18 Å². The highest BCUT2D eigenvalue weighted by molar-refractivity contribution is 7.91. The van der Waals surface area contributed by atoms with Crippen LogP contribution in [-0.4, -0.2) is 71.5 Å². The number of fused-ring (bicyclic) bond motifs is 1. The highest BCUT2D eigenvalue weighted by Crippen LogP contribution is 2.35. The van der Waals surface area contributed by atoms with E-state index >= 15 is 0 Å². The second kappa shape index (κ2) is 10.0. The number of hydrogen-bond donors (Lipinski definition) is 1. The van der Waals surface area contributed by atoms with E-state index in [1.807, 2.05) is 6.92 Å². The number of thiophene rings is 1. The molecular weight excluding hydrogens is 529 g/mol. The van der Waals surface area contributed by atoms with Crippen LogP contribution in [0.4, 0.5) is 19.0 Å². The largest absolute Gasteiger partial charge is 0.418 e. The molecule has 0 saturated carbocycles. The Labute approximate surface area is 215 Å². The molecule has 5 rings (SSSR count). The van der Waals surface area contributed by atoms with Gasteiger partial charge in [0.1, 0.15) is 28.3 Å². The van der Waals surface area contributed by atoms with Crippen LogP contribution >= 0.6 is 11.3 Å². The summed E-state index contributed by atoms with van der Waals surface area (Å²) in [6.07, 6.45) is -1.96. The van der Waals surface area contributed by atoms with Crippen molar-refractivity contribution < 1.29 is 26.1 Å². The minimum atomic E-state index is -4.52. The molecule has 196 valence electrons. The lowest BCUT2D eigenvalue weighted by atomic mass is 10.1. The monoisotopic (exact) mass is 552 g/mol. The fraction of sp³-hybridized carbons (Fsp3) is 0.348. The van der Waals surface area contributed by atoms with Crippen LogP contribution in [0.5, 0.6) is 0 Å². The van der Waals surface area contributed by atoms with Crippen LogP contribution < -0.4 is 5.32 Å². The molecule has 1 aromatic carbocycles. The molecule has 37 heavy (non-hydrogen) atoms. The predicted octanol–water partition coefficient (Wildman–Crippen LogP) is 4.17. The molecule has 1 fully saturated rings. The normalized spacial score (nSPS) is 16.8. The van der Waals surface area contributed by atoms with Crippen molar-refractivity contribution in [2.45, 2.75) is 23.4 Å². The molecule has 1 aliphatic rings. The lowest BCUT2D eigenvalue weighted by Crippen LogP contribution is -2.50. The minimum absolute atomic E-state index is 0.154. The molecule has 0 bridgehead atoms. The van der Waals surface area contributed by atoms with Crippen LogP contribution in [-0.2, 0) is 16.2 Å². The van der Waals surface area contributed by atoms with Gasteiger partial charge in [0, 0.05) is 50.2 Å². The molecule has 14 heteroatoms. The molecule has 0 spiro atoms. The minimum Gasteiger partial charge on any atom is -0.366 e. The van der Waals surface area contributed by atoms with Gasteiger partial charge in [-0.15, -0.1) is 11.3 Å². The van der Waals surface area contributed by atoms with Crippen LogP contribution in [0.1, 0.15) is 12.5 Å². The standard InChI is InChI=1S/C23H23F3N6O3S2/c1-15(29-22-16-3-2-4-17(23(24,25)26)21(16)27-14-28-22)13-31-8-10-32(11-9-31)37(33,34)20-6-5-19(36-20)18-7-12-35-30-18/h2-7,12,14-15H,8-11,13H2,1H3,(H,27,28,29). The number of piperazine rings is 1. The van der Waals surface area contributed by atoms with E-state index in [1.54, 1.807) is 24.3 Å². The molecule has 1 aliphatic heterocycles. The number of sulfonamides is 1. The lowest BCUT2D eigenvalue weighted by Gasteiger charge is -2.35. The number of anilines is 1. The zero-order chi connectivity index (χ0) is 26.2. The topological polar surface area (TPSA) is 104 Å². The van der Waals surface area contributed by atoms with Crippen molar-refractivity contribution in [3.63, 3.8) is 0 Å². The summed E-state index contributed by atoms with van der Waals surface area (Å²) in [6, 6.07) is 8.72. The summed E-state index contributed by atoms with van der Waals surface area (Å²) in [5, 5.41) is 7.33. The van der Waals surface area contributed by atoms with Gasteiger partial charge < -0.3 is 9.84 Å². The average molecular weight is 553 g/mol. The Morgan fingerprint density at radius 1 is 1.11 bits per heavy atom. The summed E-state index contributed by atoms with van der Waals surface area (Å²) in [5.41, 5.74) is -0.373. The first-order valence-corrected chi connectivity index (χ1v) is 13.7. The van der Waals surface area contributed by atoms with E-state index in [4.69, 9.17) is 4.52 Å². The summed E-state index contributed by atoms with van der Waals surface area (Å²) >= 11 is 1.15. The average Bonchev–Trinajstić information content (AvgIpc) is 3.56. The number of benzene rings is 1. The molecule has 1 atom stereocenters. The Hall–Kier alpha value is -3.07. The van der Waals surface area contributed by atoms with E-state index in [1.165, 1.54) is 16.6 Å². The number of aromatic nitrogens is 3. The molecule has 3 aromatic heterocycles. The van der Waals surface area contributed by atoms with E-state index < -0.39 is 21.8 Å². The molecule has 1 N–H and O–H groups in total. The SMILES string of the molecule is CC(CN1CCN(S(=O)(=O)c2ccc(-c3ccon3)s2)CC1)Nc1ncnc2c(C(F)(F)F)cccc12. The van der Waals surface area contributed by atoms with Crippen LogP contribution in [0.25, 0.3) is 21.5 Å². The van der Waals surface area contributed by atoms with Crippen LogP contribution in [0.3, 0.4) is 0 Å². The maximum Gasteiger partial charge on any atom is 0.418 e. The first-order chi connectivity index (χ1) is 17.6. The maximum atomic E-state index is 13.4. The van der Waals surface area contributed by atoms with Gasteiger partial charge in [-0.2, -0.15) is 17.5 Å². The van der Waals surface area contributed by atoms with Crippen molar-refractivity contribution >= 4 is 38.1 Å². The Kier molecular flexibility index (Phi) is 6.91. The second-order valence-electron chi connectivity index (χ2n) is 8.68. The number of hydrogen-bond acceptors (Lipinski definition) is 9. The van der Waals surface area contributed by atoms with E-state index in [0.29, 0.717) is 54.5 Å². The third-order valence-electron chi connectivity index (χ3n) is 6.08. The van der Waals surface area contributed by atoms with Crippen molar-refractivity contribution in [1.82, 2.24) is 24.3 Å². The van der Waals surface area contributed by atoms with Gasteiger partial charge in [0.2, 0.25) is 0 Å². The third kappa shape index (κ3) is 5.32. The smallest absolute Gasteiger partial charge is 0.366 e. The third-order valence-corrected chi connectivity index (χ3v) is 9.56. The summed E-state index contributed by atoms with van der Waals surface area (Å²) < 4.78 is 72.9. The fourth-order valence-electron chi connectivity index (χ4n) is 4.31. The summed E-state index contributed by atoms with van der Waals surface area (Å²) in [4.78, 5) is 10.8. The zero-order valence-corrected chi connectivity index (χ0v) is 21.3. The molecule has 1 unspecified atom stereocenters. The van der Waals surface area contributed by atoms with E-state index in [9.17, 15) is 21.6 Å².